The summed E-state index contributed by atoms with van der Waals surface area (Å²) in [5, 5.41) is 24.7. The van der Waals surface area contributed by atoms with Crippen LogP contribution < -0.4 is 0 Å². The van der Waals surface area contributed by atoms with E-state index in [-0.39, 0.29) is 6.42 Å². The Balaban J connectivity index is 3.11. The van der Waals surface area contributed by atoms with Gasteiger partial charge in [0.15, 0.2) is 0 Å². The predicted octanol–water partition coefficient (Wildman–Crippen LogP) is -0.379. The highest BCUT2D eigenvalue weighted by atomic mass is 16.7. The maximum atomic E-state index is 8.23. The Bertz CT molecular complexity index is 55.2. The van der Waals surface area contributed by atoms with E-state index in [2.05, 4.69) is 6.92 Å². The van der Waals surface area contributed by atoms with E-state index < -0.39 is 5.97 Å². The van der Waals surface area contributed by atoms with Crippen LogP contribution in [0.2, 0.25) is 0 Å². The van der Waals surface area contributed by atoms with Gasteiger partial charge in [-0.3, -0.25) is 0 Å². The Hall–Kier alpha value is -0.120. The summed E-state index contributed by atoms with van der Waals surface area (Å²) in [6.45, 7) is 3.46. The third kappa shape index (κ3) is 5.88. The van der Waals surface area contributed by atoms with Gasteiger partial charge in [0.25, 0.3) is 5.97 Å². The normalized spacial score (nSPS) is 12.0. The van der Waals surface area contributed by atoms with E-state index in [0.717, 1.165) is 0 Å². The number of unbranched alkanes of at least 4 members (excludes halogenated alkanes) is 1. The zero-order chi connectivity index (χ0) is 6.62. The molecule has 0 aromatic rings. The monoisotopic (exact) mass is 119 g/mol. The molecule has 8 heavy (non-hydrogen) atoms. The summed E-state index contributed by atoms with van der Waals surface area (Å²) < 4.78 is 0. The van der Waals surface area contributed by atoms with Crippen LogP contribution in [0.4, 0.5) is 0 Å². The van der Waals surface area contributed by atoms with Gasteiger partial charge in [-0.2, -0.15) is 0 Å². The minimum atomic E-state index is -2.49. The molecule has 0 rings (SSSR count). The van der Waals surface area contributed by atoms with E-state index in [1.807, 2.05) is 0 Å². The number of rotatable bonds is 3. The fraction of sp³-hybridized carbons (Fsp3) is 0.800. The maximum absolute atomic E-state index is 8.23. The van der Waals surface area contributed by atoms with Crippen molar-refractivity contribution in [3.05, 3.63) is 6.92 Å². The van der Waals surface area contributed by atoms with Crippen LogP contribution in [0.15, 0.2) is 0 Å². The molecule has 0 spiro atoms. The van der Waals surface area contributed by atoms with E-state index in [4.69, 9.17) is 15.3 Å². The number of aliphatic hydroxyl groups is 3. The van der Waals surface area contributed by atoms with Crippen molar-refractivity contribution in [1.82, 2.24) is 0 Å². The van der Waals surface area contributed by atoms with Crippen molar-refractivity contribution in [2.45, 2.75) is 25.2 Å². The second-order valence-corrected chi connectivity index (χ2v) is 1.73. The van der Waals surface area contributed by atoms with Gasteiger partial charge in [0.2, 0.25) is 0 Å². The maximum Gasteiger partial charge on any atom is 0.275 e. The molecule has 3 heteroatoms. The first-order chi connectivity index (χ1) is 3.56. The topological polar surface area (TPSA) is 60.7 Å². The molecule has 3 nitrogen and oxygen atoms in total. The summed E-state index contributed by atoms with van der Waals surface area (Å²) in [7, 11) is 0. The van der Waals surface area contributed by atoms with Crippen LogP contribution in [0.5, 0.6) is 0 Å². The van der Waals surface area contributed by atoms with Crippen LogP contribution in [-0.2, 0) is 0 Å². The zero-order valence-corrected chi connectivity index (χ0v) is 4.67. The molecule has 0 amide bonds. The van der Waals surface area contributed by atoms with Crippen molar-refractivity contribution in [3.8, 4) is 0 Å². The summed E-state index contributed by atoms with van der Waals surface area (Å²) in [5.41, 5.74) is 0. The van der Waals surface area contributed by atoms with Crippen LogP contribution in [0.25, 0.3) is 0 Å². The molecule has 0 saturated heterocycles. The molecule has 1 radical (unpaired) electrons. The van der Waals surface area contributed by atoms with Crippen molar-refractivity contribution in [2.24, 2.45) is 0 Å². The van der Waals surface area contributed by atoms with Crippen LogP contribution in [-0.4, -0.2) is 21.3 Å². The summed E-state index contributed by atoms with van der Waals surface area (Å²) in [6, 6.07) is 0. The fourth-order valence-electron chi connectivity index (χ4n) is 0.362. The minimum Gasteiger partial charge on any atom is -0.344 e. The lowest BCUT2D eigenvalue weighted by molar-refractivity contribution is -0.314. The van der Waals surface area contributed by atoms with Gasteiger partial charge in [0.05, 0.1) is 0 Å². The molecular formula is C5H11O3. The fourth-order valence-corrected chi connectivity index (χ4v) is 0.362. The average Bonchev–Trinajstić information content (AvgIpc) is 1.59. The van der Waals surface area contributed by atoms with Gasteiger partial charge in [-0.05, 0) is 6.42 Å². The third-order valence-corrected chi connectivity index (χ3v) is 0.762. The Labute approximate surface area is 48.6 Å². The van der Waals surface area contributed by atoms with Crippen LogP contribution in [0.1, 0.15) is 19.3 Å². The smallest absolute Gasteiger partial charge is 0.275 e. The summed E-state index contributed by atoms with van der Waals surface area (Å²) in [4.78, 5) is 0. The highest BCUT2D eigenvalue weighted by molar-refractivity contribution is 4.48. The zero-order valence-electron chi connectivity index (χ0n) is 4.67. The molecule has 0 saturated carbocycles. The molecule has 49 valence electrons. The van der Waals surface area contributed by atoms with E-state index >= 15 is 0 Å². The van der Waals surface area contributed by atoms with Crippen molar-refractivity contribution in [3.63, 3.8) is 0 Å². The van der Waals surface area contributed by atoms with Crippen LogP contribution in [0, 0.1) is 6.92 Å². The molecule has 0 bridgehead atoms. The molecule has 0 aliphatic heterocycles. The second-order valence-electron chi connectivity index (χ2n) is 1.73. The Morgan fingerprint density at radius 3 is 1.88 bits per heavy atom. The molecular weight excluding hydrogens is 108 g/mol. The lowest BCUT2D eigenvalue weighted by atomic mass is 10.2. The van der Waals surface area contributed by atoms with Gasteiger partial charge in [0, 0.05) is 6.42 Å². The molecule has 0 fully saturated rings. The largest absolute Gasteiger partial charge is 0.344 e. The summed E-state index contributed by atoms with van der Waals surface area (Å²) in [5.74, 6) is -2.49. The SMILES string of the molecule is [CH2]CCCC(O)(O)O. The van der Waals surface area contributed by atoms with Gasteiger partial charge in [-0.15, -0.1) is 0 Å². The Morgan fingerprint density at radius 1 is 1.25 bits per heavy atom. The molecule has 0 aliphatic rings. The van der Waals surface area contributed by atoms with E-state index in [0.29, 0.717) is 12.8 Å². The molecule has 0 unspecified atom stereocenters. The summed E-state index contributed by atoms with van der Waals surface area (Å²) >= 11 is 0. The first-order valence-corrected chi connectivity index (χ1v) is 2.52. The molecule has 0 aromatic heterocycles. The van der Waals surface area contributed by atoms with Crippen molar-refractivity contribution in [1.29, 1.82) is 0 Å². The minimum absolute atomic E-state index is 0.0312. The molecule has 3 N–H and O–H groups in total. The lowest BCUT2D eigenvalue weighted by Gasteiger charge is -2.11. The summed E-state index contributed by atoms with van der Waals surface area (Å²) in [6.07, 6.45) is 1.09. The highest BCUT2D eigenvalue weighted by Crippen LogP contribution is 2.04. The van der Waals surface area contributed by atoms with E-state index in [1.54, 1.807) is 0 Å². The first kappa shape index (κ1) is 7.88. The van der Waals surface area contributed by atoms with Crippen molar-refractivity contribution < 1.29 is 15.3 Å². The van der Waals surface area contributed by atoms with Gasteiger partial charge in [0.1, 0.15) is 0 Å². The van der Waals surface area contributed by atoms with Crippen LogP contribution >= 0.6 is 0 Å². The predicted molar refractivity (Wildman–Crippen MR) is 28.6 cm³/mol. The molecule has 0 atom stereocenters. The highest BCUT2D eigenvalue weighted by Gasteiger charge is 2.15. The van der Waals surface area contributed by atoms with Gasteiger partial charge in [-0.25, -0.2) is 0 Å². The molecule has 0 aliphatic carbocycles. The second kappa shape index (κ2) is 3.02. The Morgan fingerprint density at radius 2 is 1.75 bits per heavy atom. The standard InChI is InChI=1S/C5H11O3/c1-2-3-4-5(6,7)8/h6-8H,1-4H2. The quantitative estimate of drug-likeness (QED) is 0.444. The number of hydrogen-bond acceptors (Lipinski definition) is 3. The number of hydrogen-bond donors (Lipinski definition) is 3. The molecule has 0 heterocycles. The third-order valence-electron chi connectivity index (χ3n) is 0.762. The Kier molecular flexibility index (Phi) is 2.97. The van der Waals surface area contributed by atoms with Gasteiger partial charge in [-0.1, -0.05) is 13.3 Å². The van der Waals surface area contributed by atoms with Crippen molar-refractivity contribution >= 4 is 0 Å². The average molecular weight is 119 g/mol. The van der Waals surface area contributed by atoms with E-state index in [1.165, 1.54) is 0 Å². The van der Waals surface area contributed by atoms with Gasteiger partial charge < -0.3 is 15.3 Å². The van der Waals surface area contributed by atoms with Crippen molar-refractivity contribution in [2.75, 3.05) is 0 Å². The van der Waals surface area contributed by atoms with E-state index in [9.17, 15) is 0 Å². The first-order valence-electron chi connectivity index (χ1n) is 2.52. The lowest BCUT2D eigenvalue weighted by Crippen LogP contribution is -2.26. The van der Waals surface area contributed by atoms with Gasteiger partial charge >= 0.3 is 0 Å². The molecule has 0 aromatic carbocycles. The van der Waals surface area contributed by atoms with Crippen LogP contribution in [0.3, 0.4) is 0 Å².